The van der Waals surface area contributed by atoms with E-state index in [1.165, 1.54) is 22.5 Å². The maximum Gasteiger partial charge on any atom is 0.410 e. The number of unbranched alkanes of at least 4 members (excludes halogenated alkanes) is 1. The van der Waals surface area contributed by atoms with Crippen LogP contribution in [0.25, 0.3) is 11.3 Å². The number of anilines is 2. The van der Waals surface area contributed by atoms with Gasteiger partial charge in [-0.2, -0.15) is 0 Å². The van der Waals surface area contributed by atoms with E-state index < -0.39 is 15.6 Å². The van der Waals surface area contributed by atoms with Crippen LogP contribution in [0.2, 0.25) is 0 Å². The summed E-state index contributed by atoms with van der Waals surface area (Å²) < 4.78 is 31.2. The van der Waals surface area contributed by atoms with Gasteiger partial charge in [0.1, 0.15) is 5.60 Å². The molecule has 1 aliphatic heterocycles. The van der Waals surface area contributed by atoms with Gasteiger partial charge in [-0.3, -0.25) is 10.0 Å². The average Bonchev–Trinajstić information content (AvgIpc) is 3.59. The quantitative estimate of drug-likeness (QED) is 0.105. The van der Waals surface area contributed by atoms with Crippen LogP contribution in [0, 0.1) is 0 Å². The van der Waals surface area contributed by atoms with Gasteiger partial charge in [0.05, 0.1) is 11.9 Å². The van der Waals surface area contributed by atoms with E-state index in [1.807, 2.05) is 43.2 Å². The molecule has 11 nitrogen and oxygen atoms in total. The van der Waals surface area contributed by atoms with E-state index in [9.17, 15) is 18.0 Å². The van der Waals surface area contributed by atoms with Crippen molar-refractivity contribution in [3.05, 3.63) is 101 Å². The second-order valence-corrected chi connectivity index (χ2v) is 17.1. The molecule has 1 fully saturated rings. The lowest BCUT2D eigenvalue weighted by Crippen LogP contribution is -2.49. The van der Waals surface area contributed by atoms with Gasteiger partial charge in [-0.25, -0.2) is 23.0 Å². The first kappa shape index (κ1) is 39.7. The van der Waals surface area contributed by atoms with Crippen molar-refractivity contribution in [3.8, 4) is 11.3 Å². The largest absolute Gasteiger partial charge is 0.444 e. The Labute approximate surface area is 318 Å². The highest BCUT2D eigenvalue weighted by atomic mass is 32.2. The molecule has 0 spiro atoms. The zero-order valence-electron chi connectivity index (χ0n) is 31.1. The number of hydrogen-bond donors (Lipinski definition) is 3. The van der Waals surface area contributed by atoms with E-state index in [-0.39, 0.29) is 24.1 Å². The molecule has 1 saturated heterocycles. The predicted molar refractivity (Wildman–Crippen MR) is 214 cm³/mol. The fraction of sp³-hybridized carbons (Fsp3) is 0.425. The fourth-order valence-electron chi connectivity index (χ4n) is 6.42. The van der Waals surface area contributed by atoms with E-state index in [2.05, 4.69) is 68.9 Å². The Balaban J connectivity index is 1.21. The third kappa shape index (κ3) is 12.9. The second-order valence-electron chi connectivity index (χ2n) is 14.5. The molecular formula is C40H52N6O5S2. The van der Waals surface area contributed by atoms with Crippen molar-refractivity contribution in [2.24, 2.45) is 0 Å². The number of sulfonamides is 1. The van der Waals surface area contributed by atoms with Crippen LogP contribution in [0.15, 0.2) is 90.3 Å². The van der Waals surface area contributed by atoms with Crippen molar-refractivity contribution in [1.29, 1.82) is 0 Å². The summed E-state index contributed by atoms with van der Waals surface area (Å²) in [6.45, 7) is 8.90. The summed E-state index contributed by atoms with van der Waals surface area (Å²) in [5.74, 6) is 0.125. The predicted octanol–water partition coefficient (Wildman–Crippen LogP) is 8.01. The van der Waals surface area contributed by atoms with Crippen LogP contribution >= 0.6 is 11.3 Å². The molecule has 1 atom stereocenters. The molecule has 3 aromatic carbocycles. The zero-order chi connectivity index (χ0) is 37.8. The number of urea groups is 1. The molecule has 3 N–H and O–H groups in total. The maximum absolute atomic E-state index is 13.9. The van der Waals surface area contributed by atoms with Gasteiger partial charge in [-0.15, -0.1) is 11.3 Å². The Hall–Kier alpha value is -4.46. The number of nitrogens with one attached hydrogen (secondary N) is 3. The Morgan fingerprint density at radius 3 is 2.25 bits per heavy atom. The number of carbonyl (C=O) groups excluding carboxylic acids is 2. The number of amides is 3. The van der Waals surface area contributed by atoms with Crippen LogP contribution in [0.4, 0.5) is 20.4 Å². The van der Waals surface area contributed by atoms with Crippen LogP contribution in [-0.4, -0.2) is 85.9 Å². The van der Waals surface area contributed by atoms with Gasteiger partial charge in [0, 0.05) is 54.8 Å². The molecule has 284 valence electrons. The molecule has 0 aliphatic carbocycles. The minimum Gasteiger partial charge on any atom is -0.444 e. The minimum absolute atomic E-state index is 0.125. The molecule has 1 aliphatic rings. The molecule has 1 aromatic heterocycles. The van der Waals surface area contributed by atoms with Crippen molar-refractivity contribution in [2.75, 3.05) is 49.0 Å². The third-order valence-corrected chi connectivity index (χ3v) is 10.3. The molecule has 5 rings (SSSR count). The average molecular weight is 761 g/mol. The van der Waals surface area contributed by atoms with Crippen LogP contribution in [0.1, 0.15) is 69.9 Å². The van der Waals surface area contributed by atoms with Gasteiger partial charge in [0.15, 0.2) is 5.13 Å². The van der Waals surface area contributed by atoms with Crippen molar-refractivity contribution in [2.45, 2.75) is 70.4 Å². The van der Waals surface area contributed by atoms with E-state index in [0.29, 0.717) is 42.7 Å². The van der Waals surface area contributed by atoms with Crippen molar-refractivity contribution >= 4 is 44.3 Å². The zero-order valence-corrected chi connectivity index (χ0v) is 32.7. The first-order valence-corrected chi connectivity index (χ1v) is 21.0. The van der Waals surface area contributed by atoms with Gasteiger partial charge >= 0.3 is 12.1 Å². The Morgan fingerprint density at radius 1 is 0.962 bits per heavy atom. The van der Waals surface area contributed by atoms with Crippen molar-refractivity contribution in [3.63, 3.8) is 0 Å². The molecule has 0 radical (unpaired) electrons. The highest BCUT2D eigenvalue weighted by Crippen LogP contribution is 2.29. The standard InChI is InChI=1S/C40H52N6O5S2/c1-40(2,3)51-39(48)46-26-13-18-34(28-46)41-24-11-12-25-45(27-23-35(30-14-7-5-8-15-30)31-16-9-6-10-17-31)38(47)43-37-42-36(29-52-37)32-19-21-33(22-20-32)44-53(4,49)50/h5-10,14-17,19-22,29,34-35,41,44H,11-13,18,23-28H2,1-4H3,(H,42,43,47). The lowest BCUT2D eigenvalue weighted by atomic mass is 9.88. The Morgan fingerprint density at radius 2 is 1.62 bits per heavy atom. The number of likely N-dealkylation sites (tertiary alicyclic amines) is 1. The second kappa shape index (κ2) is 18.5. The Bertz CT molecular complexity index is 1830. The SMILES string of the molecule is CC(C)(C)OC(=O)N1CCCC(NCCCCN(CCC(c2ccccc2)c2ccccc2)C(=O)Nc2nc(-c3ccc(NS(C)(=O)=O)cc3)cs2)C1. The van der Waals surface area contributed by atoms with E-state index in [0.717, 1.165) is 50.5 Å². The highest BCUT2D eigenvalue weighted by molar-refractivity contribution is 7.92. The number of aromatic nitrogens is 1. The first-order chi connectivity index (χ1) is 25.3. The third-order valence-electron chi connectivity index (χ3n) is 8.94. The van der Waals surface area contributed by atoms with Crippen LogP contribution in [-0.2, 0) is 14.8 Å². The molecular weight excluding hydrogens is 709 g/mol. The molecule has 0 saturated carbocycles. The van der Waals surface area contributed by atoms with Crippen molar-refractivity contribution in [1.82, 2.24) is 20.1 Å². The lowest BCUT2D eigenvalue weighted by Gasteiger charge is -2.34. The summed E-state index contributed by atoms with van der Waals surface area (Å²) in [6, 6.07) is 27.8. The highest BCUT2D eigenvalue weighted by Gasteiger charge is 2.27. The first-order valence-electron chi connectivity index (χ1n) is 18.2. The molecule has 2 heterocycles. The maximum atomic E-state index is 13.9. The van der Waals surface area contributed by atoms with E-state index in [1.54, 1.807) is 29.2 Å². The summed E-state index contributed by atoms with van der Waals surface area (Å²) in [6.07, 6.45) is 5.21. The smallest absolute Gasteiger partial charge is 0.410 e. The monoisotopic (exact) mass is 760 g/mol. The summed E-state index contributed by atoms with van der Waals surface area (Å²) in [5, 5.41) is 9.03. The fourth-order valence-corrected chi connectivity index (χ4v) is 7.70. The number of ether oxygens (including phenoxy) is 1. The van der Waals surface area contributed by atoms with Gasteiger partial charge < -0.3 is 19.9 Å². The van der Waals surface area contributed by atoms with Gasteiger partial charge in [-0.05, 0) is 82.7 Å². The number of thiazole rings is 1. The lowest BCUT2D eigenvalue weighted by molar-refractivity contribution is 0.0187. The number of piperidine rings is 1. The van der Waals surface area contributed by atoms with Crippen LogP contribution < -0.4 is 15.4 Å². The summed E-state index contributed by atoms with van der Waals surface area (Å²) in [5.41, 5.74) is 3.86. The molecule has 4 aromatic rings. The Kier molecular flexibility index (Phi) is 13.9. The summed E-state index contributed by atoms with van der Waals surface area (Å²) in [7, 11) is -3.38. The van der Waals surface area contributed by atoms with Gasteiger partial charge in [0.25, 0.3) is 0 Å². The number of benzene rings is 3. The molecule has 1 unspecified atom stereocenters. The van der Waals surface area contributed by atoms with E-state index >= 15 is 0 Å². The number of carbonyl (C=O) groups is 2. The topological polar surface area (TPSA) is 133 Å². The van der Waals surface area contributed by atoms with Gasteiger partial charge in [0.2, 0.25) is 10.0 Å². The molecule has 0 bridgehead atoms. The number of nitrogens with zero attached hydrogens (tertiary/aromatic N) is 3. The molecule has 13 heteroatoms. The van der Waals surface area contributed by atoms with Crippen molar-refractivity contribution < 1.29 is 22.7 Å². The summed E-state index contributed by atoms with van der Waals surface area (Å²) >= 11 is 1.35. The molecule has 3 amide bonds. The minimum atomic E-state index is -3.38. The normalized spacial score (nSPS) is 14.9. The number of rotatable bonds is 15. The van der Waals surface area contributed by atoms with Crippen LogP contribution in [0.3, 0.4) is 0 Å². The summed E-state index contributed by atoms with van der Waals surface area (Å²) in [4.78, 5) is 34.9. The number of hydrogen-bond acceptors (Lipinski definition) is 8. The van der Waals surface area contributed by atoms with Crippen LogP contribution in [0.5, 0.6) is 0 Å². The van der Waals surface area contributed by atoms with E-state index in [4.69, 9.17) is 4.74 Å². The molecule has 53 heavy (non-hydrogen) atoms. The van der Waals surface area contributed by atoms with Gasteiger partial charge in [-0.1, -0.05) is 72.8 Å².